The van der Waals surface area contributed by atoms with Crippen molar-refractivity contribution in [3.8, 4) is 0 Å². The summed E-state index contributed by atoms with van der Waals surface area (Å²) in [7, 11) is -3.29. The molecule has 1 fully saturated rings. The monoisotopic (exact) mass is 384 g/mol. The van der Waals surface area contributed by atoms with Crippen LogP contribution >= 0.6 is 0 Å². The molecule has 3 heterocycles. The fourth-order valence-corrected chi connectivity index (χ4v) is 3.91. The molecule has 0 saturated carbocycles. The number of nitrogens with two attached hydrogens (primary N) is 1. The lowest BCUT2D eigenvalue weighted by atomic mass is 10.2. The van der Waals surface area contributed by atoms with Crippen molar-refractivity contribution >= 4 is 38.1 Å². The number of piperazine rings is 1. The standard InChI is InChI=1S/C18H20N6O2S/c1-27(25,26)14-3-4-16-15(10-14)18(22-12-21-16)24-8-6-23(7-9-24)13-2-5-17(19)20-11-13/h2-5,10-12H,6-9H2,1H3,(H2,19,20). The van der Waals surface area contributed by atoms with Crippen LogP contribution in [0.5, 0.6) is 0 Å². The Bertz CT molecular complexity index is 1080. The van der Waals surface area contributed by atoms with Crippen LogP contribution in [0, 0.1) is 0 Å². The van der Waals surface area contributed by atoms with Crippen molar-refractivity contribution in [3.05, 3.63) is 42.9 Å². The summed E-state index contributed by atoms with van der Waals surface area (Å²) >= 11 is 0. The molecular weight excluding hydrogens is 364 g/mol. The van der Waals surface area contributed by atoms with E-state index in [0.29, 0.717) is 5.82 Å². The number of fused-ring (bicyclic) bond motifs is 1. The van der Waals surface area contributed by atoms with Gasteiger partial charge in [-0.15, -0.1) is 0 Å². The number of rotatable bonds is 3. The van der Waals surface area contributed by atoms with E-state index in [1.54, 1.807) is 30.5 Å². The van der Waals surface area contributed by atoms with Crippen LogP contribution in [0.3, 0.4) is 0 Å². The van der Waals surface area contributed by atoms with E-state index in [2.05, 4.69) is 24.8 Å². The Hall–Kier alpha value is -2.94. The molecule has 2 aromatic heterocycles. The second-order valence-electron chi connectivity index (χ2n) is 6.56. The second kappa shape index (κ2) is 6.66. The van der Waals surface area contributed by atoms with Crippen LogP contribution in [-0.4, -0.2) is 55.8 Å². The average molecular weight is 384 g/mol. The van der Waals surface area contributed by atoms with Gasteiger partial charge in [-0.2, -0.15) is 0 Å². The summed E-state index contributed by atoms with van der Waals surface area (Å²) in [6.45, 7) is 3.14. The van der Waals surface area contributed by atoms with Crippen molar-refractivity contribution in [2.45, 2.75) is 4.90 Å². The molecule has 0 spiro atoms. The fourth-order valence-electron chi connectivity index (χ4n) is 3.27. The largest absolute Gasteiger partial charge is 0.384 e. The van der Waals surface area contributed by atoms with Gasteiger partial charge >= 0.3 is 0 Å². The van der Waals surface area contributed by atoms with E-state index in [4.69, 9.17) is 5.73 Å². The molecule has 1 aliphatic heterocycles. The molecule has 0 unspecified atom stereocenters. The van der Waals surface area contributed by atoms with E-state index < -0.39 is 9.84 Å². The zero-order valence-electron chi connectivity index (χ0n) is 14.9. The summed E-state index contributed by atoms with van der Waals surface area (Å²) in [5, 5.41) is 0.753. The predicted octanol–water partition coefficient (Wildman–Crippen LogP) is 1.34. The maximum atomic E-state index is 11.9. The van der Waals surface area contributed by atoms with Crippen molar-refractivity contribution in [3.63, 3.8) is 0 Å². The SMILES string of the molecule is CS(=O)(=O)c1ccc2ncnc(N3CCN(c4ccc(N)nc4)CC3)c2c1. The Balaban J connectivity index is 1.61. The third-order valence-electron chi connectivity index (χ3n) is 4.73. The molecular formula is C18H20N6O2S. The van der Waals surface area contributed by atoms with E-state index in [-0.39, 0.29) is 4.90 Å². The van der Waals surface area contributed by atoms with E-state index in [0.717, 1.165) is 48.6 Å². The number of anilines is 3. The van der Waals surface area contributed by atoms with Crippen LogP contribution in [0.4, 0.5) is 17.3 Å². The highest BCUT2D eigenvalue weighted by atomic mass is 32.2. The first-order valence-electron chi connectivity index (χ1n) is 8.58. The van der Waals surface area contributed by atoms with Crippen LogP contribution < -0.4 is 15.5 Å². The molecule has 27 heavy (non-hydrogen) atoms. The molecule has 1 saturated heterocycles. The zero-order valence-corrected chi connectivity index (χ0v) is 15.7. The Morgan fingerprint density at radius 1 is 0.963 bits per heavy atom. The van der Waals surface area contributed by atoms with E-state index >= 15 is 0 Å². The number of nitrogen functional groups attached to an aromatic ring is 1. The summed E-state index contributed by atoms with van der Waals surface area (Å²) in [5.41, 5.74) is 7.43. The van der Waals surface area contributed by atoms with Gasteiger partial charge in [0.1, 0.15) is 18.0 Å². The molecule has 0 bridgehead atoms. The third-order valence-corrected chi connectivity index (χ3v) is 5.84. The van der Waals surface area contributed by atoms with Gasteiger partial charge in [0.15, 0.2) is 9.84 Å². The highest BCUT2D eigenvalue weighted by Gasteiger charge is 2.21. The summed E-state index contributed by atoms with van der Waals surface area (Å²) in [4.78, 5) is 17.5. The minimum Gasteiger partial charge on any atom is -0.384 e. The summed E-state index contributed by atoms with van der Waals surface area (Å²) in [5.74, 6) is 1.27. The quantitative estimate of drug-likeness (QED) is 0.721. The van der Waals surface area contributed by atoms with Gasteiger partial charge in [-0.1, -0.05) is 0 Å². The van der Waals surface area contributed by atoms with Crippen LogP contribution in [0.15, 0.2) is 47.8 Å². The molecule has 1 aliphatic rings. The van der Waals surface area contributed by atoms with Gasteiger partial charge in [0, 0.05) is 37.8 Å². The minimum atomic E-state index is -3.29. The topological polar surface area (TPSA) is 105 Å². The Morgan fingerprint density at radius 3 is 2.37 bits per heavy atom. The minimum absolute atomic E-state index is 0.276. The van der Waals surface area contributed by atoms with Gasteiger partial charge in [0.05, 0.1) is 22.3 Å². The van der Waals surface area contributed by atoms with Gasteiger partial charge in [0.25, 0.3) is 0 Å². The molecule has 4 rings (SSSR count). The number of pyridine rings is 1. The highest BCUT2D eigenvalue weighted by molar-refractivity contribution is 7.90. The van der Waals surface area contributed by atoms with Gasteiger partial charge in [-0.05, 0) is 30.3 Å². The van der Waals surface area contributed by atoms with Gasteiger partial charge in [0.2, 0.25) is 0 Å². The molecule has 2 N–H and O–H groups in total. The molecule has 0 amide bonds. The van der Waals surface area contributed by atoms with E-state index in [1.165, 1.54) is 12.6 Å². The summed E-state index contributed by atoms with van der Waals surface area (Å²) in [6.07, 6.45) is 4.51. The van der Waals surface area contributed by atoms with Crippen molar-refractivity contribution in [1.29, 1.82) is 0 Å². The normalized spacial score (nSPS) is 15.3. The fraction of sp³-hybridized carbons (Fsp3) is 0.278. The molecule has 1 aromatic carbocycles. The molecule has 140 valence electrons. The highest BCUT2D eigenvalue weighted by Crippen LogP contribution is 2.27. The maximum Gasteiger partial charge on any atom is 0.175 e. The third kappa shape index (κ3) is 3.50. The lowest BCUT2D eigenvalue weighted by Gasteiger charge is -2.36. The van der Waals surface area contributed by atoms with E-state index in [9.17, 15) is 8.42 Å². The first kappa shape index (κ1) is 17.5. The number of aromatic nitrogens is 3. The lowest BCUT2D eigenvalue weighted by molar-refractivity contribution is 0.602. The molecule has 0 atom stereocenters. The Labute approximate surface area is 157 Å². The van der Waals surface area contributed by atoms with Gasteiger partial charge in [-0.3, -0.25) is 0 Å². The van der Waals surface area contributed by atoms with Crippen molar-refractivity contribution < 1.29 is 8.42 Å². The molecule has 3 aromatic rings. The maximum absolute atomic E-state index is 11.9. The summed E-state index contributed by atoms with van der Waals surface area (Å²) in [6, 6.07) is 8.74. The predicted molar refractivity (Wildman–Crippen MR) is 106 cm³/mol. The van der Waals surface area contributed by atoms with Crippen LogP contribution in [0.2, 0.25) is 0 Å². The first-order chi connectivity index (χ1) is 12.9. The lowest BCUT2D eigenvalue weighted by Crippen LogP contribution is -2.47. The second-order valence-corrected chi connectivity index (χ2v) is 8.58. The van der Waals surface area contributed by atoms with E-state index in [1.807, 2.05) is 6.07 Å². The van der Waals surface area contributed by atoms with Gasteiger partial charge in [-0.25, -0.2) is 23.4 Å². The summed E-state index contributed by atoms with van der Waals surface area (Å²) < 4.78 is 23.8. The molecule has 8 nitrogen and oxygen atoms in total. The molecule has 0 aliphatic carbocycles. The Morgan fingerprint density at radius 2 is 1.70 bits per heavy atom. The first-order valence-corrected chi connectivity index (χ1v) is 10.5. The van der Waals surface area contributed by atoms with Crippen molar-refractivity contribution in [2.24, 2.45) is 0 Å². The van der Waals surface area contributed by atoms with Crippen LogP contribution in [0.1, 0.15) is 0 Å². The number of nitrogens with zero attached hydrogens (tertiary/aromatic N) is 5. The number of benzene rings is 1. The molecule has 9 heteroatoms. The zero-order chi connectivity index (χ0) is 19.0. The Kier molecular flexibility index (Phi) is 4.31. The number of sulfone groups is 1. The number of hydrogen-bond acceptors (Lipinski definition) is 8. The van der Waals surface area contributed by atoms with Crippen molar-refractivity contribution in [1.82, 2.24) is 15.0 Å². The average Bonchev–Trinajstić information content (AvgIpc) is 2.67. The van der Waals surface area contributed by atoms with Crippen molar-refractivity contribution in [2.75, 3.05) is 48.0 Å². The van der Waals surface area contributed by atoms with Crippen LogP contribution in [0.25, 0.3) is 10.9 Å². The smallest absolute Gasteiger partial charge is 0.175 e. The molecule has 0 radical (unpaired) electrons. The van der Waals surface area contributed by atoms with Gasteiger partial charge < -0.3 is 15.5 Å². The van der Waals surface area contributed by atoms with Crippen LogP contribution in [-0.2, 0) is 9.84 Å². The number of hydrogen-bond donors (Lipinski definition) is 1.